The van der Waals surface area contributed by atoms with Gasteiger partial charge in [0.15, 0.2) is 0 Å². The first kappa shape index (κ1) is 15.2. The average Bonchev–Trinajstić information content (AvgIpc) is 2.49. The van der Waals surface area contributed by atoms with E-state index in [0.717, 1.165) is 4.90 Å². The molecular formula is C19H24S. The van der Waals surface area contributed by atoms with Crippen molar-refractivity contribution in [1.29, 1.82) is 0 Å². The van der Waals surface area contributed by atoms with E-state index in [1.807, 2.05) is 12.1 Å². The summed E-state index contributed by atoms with van der Waals surface area (Å²) in [7, 11) is 0. The minimum Gasteiger partial charge on any atom is -0.143 e. The fourth-order valence-corrected chi connectivity index (χ4v) is 2.60. The summed E-state index contributed by atoms with van der Waals surface area (Å²) >= 11 is 4.32. The maximum absolute atomic E-state index is 4.32. The number of rotatable bonds is 7. The molecule has 0 heterocycles. The normalized spacial score (nSPS) is 10.7. The molecule has 0 saturated carbocycles. The molecule has 1 heteroatoms. The topological polar surface area (TPSA) is 0 Å². The zero-order chi connectivity index (χ0) is 14.2. The molecule has 0 N–H and O–H groups in total. The summed E-state index contributed by atoms with van der Waals surface area (Å²) < 4.78 is 0. The molecule has 0 radical (unpaired) electrons. The second-order valence-electron chi connectivity index (χ2n) is 5.41. The summed E-state index contributed by atoms with van der Waals surface area (Å²) in [5.41, 5.74) is 4.00. The minimum absolute atomic E-state index is 1.01. The lowest BCUT2D eigenvalue weighted by molar-refractivity contribution is 0.632. The first-order chi connectivity index (χ1) is 9.79. The fraction of sp³-hybridized carbons (Fsp3) is 0.368. The van der Waals surface area contributed by atoms with Crippen molar-refractivity contribution in [2.75, 3.05) is 0 Å². The van der Waals surface area contributed by atoms with Gasteiger partial charge in [0.1, 0.15) is 0 Å². The molecule has 0 saturated heterocycles. The molecule has 0 aliphatic heterocycles. The summed E-state index contributed by atoms with van der Waals surface area (Å²) in [4.78, 5) is 1.01. The average molecular weight is 284 g/mol. The largest absolute Gasteiger partial charge is 0.143 e. The van der Waals surface area contributed by atoms with Gasteiger partial charge in [0, 0.05) is 4.90 Å². The third-order valence-electron chi connectivity index (χ3n) is 3.72. The Morgan fingerprint density at radius 2 is 1.25 bits per heavy atom. The van der Waals surface area contributed by atoms with Gasteiger partial charge in [-0.3, -0.25) is 0 Å². The van der Waals surface area contributed by atoms with Crippen molar-refractivity contribution in [3.8, 4) is 11.1 Å². The van der Waals surface area contributed by atoms with Crippen LogP contribution in [-0.2, 0) is 6.42 Å². The van der Waals surface area contributed by atoms with E-state index >= 15 is 0 Å². The second kappa shape index (κ2) is 8.16. The lowest BCUT2D eigenvalue weighted by atomic mass is 10.0. The van der Waals surface area contributed by atoms with E-state index in [1.165, 1.54) is 55.2 Å². The highest BCUT2D eigenvalue weighted by molar-refractivity contribution is 7.80. The summed E-state index contributed by atoms with van der Waals surface area (Å²) in [6.07, 6.45) is 7.96. The van der Waals surface area contributed by atoms with Crippen LogP contribution in [0.4, 0.5) is 0 Å². The van der Waals surface area contributed by atoms with Gasteiger partial charge in [-0.1, -0.05) is 69.0 Å². The maximum atomic E-state index is 4.32. The van der Waals surface area contributed by atoms with Crippen molar-refractivity contribution in [2.45, 2.75) is 50.3 Å². The van der Waals surface area contributed by atoms with Gasteiger partial charge in [0.25, 0.3) is 0 Å². The molecular weight excluding hydrogens is 260 g/mol. The lowest BCUT2D eigenvalue weighted by Crippen LogP contribution is -1.86. The van der Waals surface area contributed by atoms with Gasteiger partial charge < -0.3 is 0 Å². The molecule has 0 bridgehead atoms. The second-order valence-corrected chi connectivity index (χ2v) is 5.92. The number of thiol groups is 1. The summed E-state index contributed by atoms with van der Waals surface area (Å²) in [6.45, 7) is 2.26. The molecule has 2 aromatic rings. The molecule has 106 valence electrons. The van der Waals surface area contributed by atoms with Crippen LogP contribution in [0, 0.1) is 0 Å². The first-order valence-electron chi connectivity index (χ1n) is 7.68. The van der Waals surface area contributed by atoms with Crippen LogP contribution >= 0.6 is 12.6 Å². The van der Waals surface area contributed by atoms with E-state index in [1.54, 1.807) is 0 Å². The Kier molecular flexibility index (Phi) is 6.20. The summed E-state index contributed by atoms with van der Waals surface area (Å²) in [5, 5.41) is 0. The molecule has 20 heavy (non-hydrogen) atoms. The minimum atomic E-state index is 1.01. The molecule has 2 aromatic carbocycles. The van der Waals surface area contributed by atoms with Crippen LogP contribution < -0.4 is 0 Å². The maximum Gasteiger partial charge on any atom is 0.00404 e. The smallest absolute Gasteiger partial charge is 0.00404 e. The van der Waals surface area contributed by atoms with Gasteiger partial charge in [-0.25, -0.2) is 0 Å². The third-order valence-corrected chi connectivity index (χ3v) is 4.02. The monoisotopic (exact) mass is 284 g/mol. The molecule has 0 unspecified atom stereocenters. The Balaban J connectivity index is 1.88. The predicted molar refractivity (Wildman–Crippen MR) is 91.6 cm³/mol. The van der Waals surface area contributed by atoms with Crippen LogP contribution in [-0.4, -0.2) is 0 Å². The lowest BCUT2D eigenvalue weighted by Gasteiger charge is -2.05. The van der Waals surface area contributed by atoms with E-state index in [0.29, 0.717) is 0 Å². The Labute approximate surface area is 128 Å². The summed E-state index contributed by atoms with van der Waals surface area (Å²) in [5.74, 6) is 0. The van der Waals surface area contributed by atoms with Crippen molar-refractivity contribution in [1.82, 2.24) is 0 Å². The number of aryl methyl sites for hydroxylation is 1. The number of unbranched alkanes of at least 4 members (excludes halogenated alkanes) is 4. The molecule has 2 rings (SSSR count). The van der Waals surface area contributed by atoms with Crippen molar-refractivity contribution in [3.05, 3.63) is 54.1 Å². The Morgan fingerprint density at radius 3 is 1.85 bits per heavy atom. The van der Waals surface area contributed by atoms with Crippen molar-refractivity contribution < 1.29 is 0 Å². The molecule has 0 spiro atoms. The molecule has 0 aliphatic rings. The van der Waals surface area contributed by atoms with Gasteiger partial charge in [-0.2, -0.15) is 0 Å². The van der Waals surface area contributed by atoms with Gasteiger partial charge in [0.2, 0.25) is 0 Å². The Bertz CT molecular complexity index is 496. The zero-order valence-corrected chi connectivity index (χ0v) is 13.2. The standard InChI is InChI=1S/C19H24S/c1-2-3-4-5-6-7-16-8-10-17(11-9-16)18-12-14-19(20)15-13-18/h8-15,20H,2-7H2,1H3. The number of benzene rings is 2. The van der Waals surface area contributed by atoms with E-state index in [2.05, 4.69) is 56.0 Å². The molecule has 0 aromatic heterocycles. The van der Waals surface area contributed by atoms with Gasteiger partial charge in [0.05, 0.1) is 0 Å². The molecule has 0 atom stereocenters. The van der Waals surface area contributed by atoms with Gasteiger partial charge in [-0.05, 0) is 41.7 Å². The number of hydrogen-bond acceptors (Lipinski definition) is 1. The summed E-state index contributed by atoms with van der Waals surface area (Å²) in [6, 6.07) is 17.3. The fourth-order valence-electron chi connectivity index (χ4n) is 2.45. The van der Waals surface area contributed by atoms with E-state index < -0.39 is 0 Å². The molecule has 0 fully saturated rings. The highest BCUT2D eigenvalue weighted by Gasteiger charge is 1.98. The van der Waals surface area contributed by atoms with Crippen LogP contribution in [0.2, 0.25) is 0 Å². The zero-order valence-electron chi connectivity index (χ0n) is 12.3. The van der Waals surface area contributed by atoms with Crippen molar-refractivity contribution in [3.63, 3.8) is 0 Å². The third kappa shape index (κ3) is 4.72. The highest BCUT2D eigenvalue weighted by atomic mass is 32.1. The van der Waals surface area contributed by atoms with Crippen LogP contribution in [0.25, 0.3) is 11.1 Å². The highest BCUT2D eigenvalue weighted by Crippen LogP contribution is 2.22. The van der Waals surface area contributed by atoms with E-state index in [9.17, 15) is 0 Å². The van der Waals surface area contributed by atoms with Crippen LogP contribution in [0.1, 0.15) is 44.6 Å². The van der Waals surface area contributed by atoms with E-state index in [4.69, 9.17) is 0 Å². The molecule has 0 amide bonds. The Morgan fingerprint density at radius 1 is 0.700 bits per heavy atom. The van der Waals surface area contributed by atoms with Crippen LogP contribution in [0.5, 0.6) is 0 Å². The Hall–Kier alpha value is -1.21. The molecule has 0 aliphatic carbocycles. The number of hydrogen-bond donors (Lipinski definition) is 1. The van der Waals surface area contributed by atoms with E-state index in [-0.39, 0.29) is 0 Å². The van der Waals surface area contributed by atoms with Gasteiger partial charge >= 0.3 is 0 Å². The van der Waals surface area contributed by atoms with Gasteiger partial charge in [-0.15, -0.1) is 12.6 Å². The molecule has 0 nitrogen and oxygen atoms in total. The van der Waals surface area contributed by atoms with Crippen LogP contribution in [0.3, 0.4) is 0 Å². The first-order valence-corrected chi connectivity index (χ1v) is 8.12. The predicted octanol–water partition coefficient (Wildman–Crippen LogP) is 6.16. The quantitative estimate of drug-likeness (QED) is 0.457. The SMILES string of the molecule is CCCCCCCc1ccc(-c2ccc(S)cc2)cc1. The van der Waals surface area contributed by atoms with Crippen molar-refractivity contribution in [2.24, 2.45) is 0 Å². The van der Waals surface area contributed by atoms with Crippen molar-refractivity contribution >= 4 is 12.6 Å². The van der Waals surface area contributed by atoms with Crippen LogP contribution in [0.15, 0.2) is 53.4 Å².